The van der Waals surface area contributed by atoms with Gasteiger partial charge in [-0.3, -0.25) is 4.79 Å². The summed E-state index contributed by atoms with van der Waals surface area (Å²) in [4.78, 5) is 10.4. The number of carboxylic acid groups (broad SMARTS) is 1. The molecule has 0 spiro atoms. The zero-order chi connectivity index (χ0) is 7.56. The molecule has 0 aromatic heterocycles. The number of hydrogen-bond acceptors (Lipinski definition) is 1. The maximum Gasteiger partial charge on any atom is 0.306 e. The van der Waals surface area contributed by atoms with Crippen LogP contribution in [0, 0.1) is 5.92 Å². The molecule has 52 valence electrons. The summed E-state index contributed by atoms with van der Waals surface area (Å²) in [5, 5.41) is 8.59. The summed E-state index contributed by atoms with van der Waals surface area (Å²) >= 11 is 0. The van der Waals surface area contributed by atoms with Crippen LogP contribution in [0.1, 0.15) is 33.5 Å². The average Bonchev–Trinajstić information content (AvgIpc) is 1.88. The quantitative estimate of drug-likeness (QED) is 0.584. The molecule has 1 rings (SSSR count). The van der Waals surface area contributed by atoms with E-state index in [1.807, 2.05) is 0 Å². The Hall–Kier alpha value is -0.530. The van der Waals surface area contributed by atoms with Gasteiger partial charge in [-0.05, 0) is 12.8 Å². The van der Waals surface area contributed by atoms with E-state index in [9.17, 15) is 4.79 Å². The van der Waals surface area contributed by atoms with Crippen LogP contribution >= 0.6 is 0 Å². The Balaban J connectivity index is 2.47. The van der Waals surface area contributed by atoms with Gasteiger partial charge in [-0.1, -0.05) is 19.3 Å². The van der Waals surface area contributed by atoms with E-state index in [-0.39, 0.29) is 6.40 Å². The van der Waals surface area contributed by atoms with E-state index in [0.717, 1.165) is 19.3 Å². The highest BCUT2D eigenvalue weighted by atomic mass is 16.4. The second-order valence-electron chi connectivity index (χ2n) is 2.46. The summed E-state index contributed by atoms with van der Waals surface area (Å²) in [6.07, 6.45) is 3.11. The first-order valence-electron chi connectivity index (χ1n) is 3.94. The Bertz CT molecular complexity index is 136. The summed E-state index contributed by atoms with van der Waals surface area (Å²) < 4.78 is 7.38. The van der Waals surface area contributed by atoms with Gasteiger partial charge in [0, 0.05) is 1.37 Å². The molecular formula is C7H12O2. The Morgan fingerprint density at radius 1 is 1.56 bits per heavy atom. The van der Waals surface area contributed by atoms with E-state index in [1.54, 1.807) is 0 Å². The molecule has 0 aromatic rings. The van der Waals surface area contributed by atoms with Crippen LogP contribution in [0.4, 0.5) is 0 Å². The minimum atomic E-state index is -0.792. The average molecular weight is 129 g/mol. The Morgan fingerprint density at radius 2 is 2.33 bits per heavy atom. The maximum atomic E-state index is 10.4. The Labute approximate surface area is 56.3 Å². The van der Waals surface area contributed by atoms with Crippen LogP contribution in [-0.2, 0) is 4.79 Å². The van der Waals surface area contributed by atoms with E-state index in [4.69, 9.17) is 6.48 Å². The number of rotatable bonds is 1. The molecular weight excluding hydrogens is 116 g/mol. The number of carboxylic acids is 1. The molecule has 0 aliphatic heterocycles. The molecule has 1 unspecified atom stereocenters. The fourth-order valence-corrected chi connectivity index (χ4v) is 1.17. The summed E-state index contributed by atoms with van der Waals surface area (Å²) in [6, 6.07) is 0. The second kappa shape index (κ2) is 2.85. The van der Waals surface area contributed by atoms with E-state index >= 15 is 0 Å². The van der Waals surface area contributed by atoms with E-state index in [0.29, 0.717) is 6.42 Å². The molecule has 1 aliphatic rings. The third-order valence-electron chi connectivity index (χ3n) is 1.74. The fraction of sp³-hybridized carbons (Fsp3) is 0.857. The van der Waals surface area contributed by atoms with Crippen molar-refractivity contribution < 1.29 is 11.3 Å². The van der Waals surface area contributed by atoms with Gasteiger partial charge in [0.25, 0.3) is 0 Å². The molecule has 0 radical (unpaired) electrons. The fourth-order valence-electron chi connectivity index (χ4n) is 1.17. The molecule has 0 saturated heterocycles. The van der Waals surface area contributed by atoms with Crippen LogP contribution in [0.2, 0.25) is 0 Å². The molecule has 0 amide bonds. The Morgan fingerprint density at radius 3 is 2.78 bits per heavy atom. The van der Waals surface area contributed by atoms with Crippen molar-refractivity contribution in [2.45, 2.75) is 32.1 Å². The molecule has 0 bridgehead atoms. The molecule has 0 heterocycles. The van der Waals surface area contributed by atoms with Gasteiger partial charge < -0.3 is 5.11 Å². The highest BCUT2D eigenvalue weighted by Gasteiger charge is 2.19. The first-order valence-corrected chi connectivity index (χ1v) is 3.37. The lowest BCUT2D eigenvalue weighted by Crippen LogP contribution is -2.16. The molecule has 1 N–H and O–H groups in total. The SMILES string of the molecule is [2H][C@H]1CCCCC1C(=O)O. The predicted octanol–water partition coefficient (Wildman–Crippen LogP) is 1.65. The van der Waals surface area contributed by atoms with E-state index in [2.05, 4.69) is 0 Å². The minimum absolute atomic E-state index is 0.355. The molecule has 9 heavy (non-hydrogen) atoms. The van der Waals surface area contributed by atoms with Crippen molar-refractivity contribution in [1.82, 2.24) is 0 Å². The minimum Gasteiger partial charge on any atom is -0.481 e. The van der Waals surface area contributed by atoms with Gasteiger partial charge in [-0.25, -0.2) is 0 Å². The summed E-state index contributed by atoms with van der Waals surface area (Å²) in [5.74, 6) is -1.19. The summed E-state index contributed by atoms with van der Waals surface area (Å²) in [7, 11) is 0. The normalized spacial score (nSPS) is 37.6. The van der Waals surface area contributed by atoms with Gasteiger partial charge >= 0.3 is 5.97 Å². The molecule has 1 saturated carbocycles. The number of carbonyl (C=O) groups is 1. The second-order valence-corrected chi connectivity index (χ2v) is 2.46. The monoisotopic (exact) mass is 129 g/mol. The van der Waals surface area contributed by atoms with Crippen LogP contribution in [0.3, 0.4) is 0 Å². The zero-order valence-electron chi connectivity index (χ0n) is 6.34. The van der Waals surface area contributed by atoms with Gasteiger partial charge in [0.15, 0.2) is 0 Å². The lowest BCUT2D eigenvalue weighted by atomic mass is 9.90. The van der Waals surface area contributed by atoms with Gasteiger partial charge in [-0.2, -0.15) is 0 Å². The van der Waals surface area contributed by atoms with Gasteiger partial charge in [0.1, 0.15) is 0 Å². The molecule has 1 fully saturated rings. The van der Waals surface area contributed by atoms with Crippen LogP contribution in [0.25, 0.3) is 0 Å². The molecule has 2 nitrogen and oxygen atoms in total. The van der Waals surface area contributed by atoms with Crippen molar-refractivity contribution in [2.24, 2.45) is 5.92 Å². The van der Waals surface area contributed by atoms with Crippen LogP contribution in [0.5, 0.6) is 0 Å². The van der Waals surface area contributed by atoms with Crippen LogP contribution < -0.4 is 0 Å². The lowest BCUT2D eigenvalue weighted by Gasteiger charge is -2.16. The van der Waals surface area contributed by atoms with Crippen molar-refractivity contribution in [3.63, 3.8) is 0 Å². The van der Waals surface area contributed by atoms with Crippen LogP contribution in [-0.4, -0.2) is 11.1 Å². The first-order chi connectivity index (χ1) is 4.72. The van der Waals surface area contributed by atoms with Crippen LogP contribution in [0.15, 0.2) is 0 Å². The number of hydrogen-bond donors (Lipinski definition) is 1. The Kier molecular flexibility index (Phi) is 1.67. The topological polar surface area (TPSA) is 37.3 Å². The third-order valence-corrected chi connectivity index (χ3v) is 1.74. The van der Waals surface area contributed by atoms with Crippen molar-refractivity contribution in [3.8, 4) is 0 Å². The highest BCUT2D eigenvalue weighted by molar-refractivity contribution is 5.69. The lowest BCUT2D eigenvalue weighted by molar-refractivity contribution is -0.142. The van der Waals surface area contributed by atoms with Crippen molar-refractivity contribution in [3.05, 3.63) is 0 Å². The predicted molar refractivity (Wildman–Crippen MR) is 34.2 cm³/mol. The standard InChI is InChI=1S/C7H12O2/c8-7(9)6-4-2-1-3-5-6/h6H,1-5H2,(H,8,9)/i4D/t4-,6?/m0/s1. The van der Waals surface area contributed by atoms with Crippen molar-refractivity contribution in [1.29, 1.82) is 0 Å². The largest absolute Gasteiger partial charge is 0.481 e. The highest BCUT2D eigenvalue weighted by Crippen LogP contribution is 2.23. The van der Waals surface area contributed by atoms with Crippen molar-refractivity contribution >= 4 is 5.97 Å². The number of aliphatic carboxylic acids is 1. The molecule has 2 heteroatoms. The smallest absolute Gasteiger partial charge is 0.306 e. The van der Waals surface area contributed by atoms with Crippen molar-refractivity contribution in [2.75, 3.05) is 0 Å². The van der Waals surface area contributed by atoms with E-state index in [1.165, 1.54) is 0 Å². The third kappa shape index (κ3) is 1.70. The summed E-state index contributed by atoms with van der Waals surface area (Å²) in [6.45, 7) is 0. The van der Waals surface area contributed by atoms with Gasteiger partial charge in [0.05, 0.1) is 5.92 Å². The maximum absolute atomic E-state index is 10.4. The molecule has 2 atom stereocenters. The molecule has 1 aliphatic carbocycles. The van der Waals surface area contributed by atoms with Gasteiger partial charge in [0.2, 0.25) is 0 Å². The first kappa shape index (κ1) is 5.27. The van der Waals surface area contributed by atoms with E-state index < -0.39 is 11.9 Å². The molecule has 0 aromatic carbocycles. The zero-order valence-corrected chi connectivity index (χ0v) is 5.34. The van der Waals surface area contributed by atoms with Gasteiger partial charge in [-0.15, -0.1) is 0 Å². The summed E-state index contributed by atoms with van der Waals surface area (Å²) in [5.41, 5.74) is 0.